The van der Waals surface area contributed by atoms with Crippen LogP contribution in [0.4, 0.5) is 0 Å². The van der Waals surface area contributed by atoms with Gasteiger partial charge in [0, 0.05) is 34.6 Å². The predicted molar refractivity (Wildman–Crippen MR) is 85.3 cm³/mol. The molecule has 2 aliphatic heterocycles. The second-order valence-corrected chi connectivity index (χ2v) is 6.62. The highest BCUT2D eigenvalue weighted by Crippen LogP contribution is 2.44. The summed E-state index contributed by atoms with van der Waals surface area (Å²) in [4.78, 5) is 34.8. The first-order valence-electron chi connectivity index (χ1n) is 8.20. The molecule has 2 rings (SSSR count). The zero-order valence-corrected chi connectivity index (χ0v) is 15.6. The quantitative estimate of drug-likeness (QED) is 0.481. The Morgan fingerprint density at radius 2 is 1.56 bits per heavy atom. The lowest BCUT2D eigenvalue weighted by atomic mass is 9.91. The molecular weight excluding hydrogens is 366 g/mol. The third kappa shape index (κ3) is 4.20. The molecule has 0 aromatic heterocycles. The number of aliphatic hydroxyl groups is 1. The SMILES string of the molecule is CC(=O)O[C@H]1[C@H](OC(C)=O)[C@@H](CO)O[C@@]2(OC(C)(C)OC2=N)[C@@H]1OC(C)=O. The molecule has 0 unspecified atom stereocenters. The third-order valence-electron chi connectivity index (χ3n) is 3.83. The van der Waals surface area contributed by atoms with Gasteiger partial charge in [-0.2, -0.15) is 0 Å². The Morgan fingerprint density at radius 1 is 1.04 bits per heavy atom. The first-order chi connectivity index (χ1) is 12.4. The largest absolute Gasteiger partial charge is 0.456 e. The average Bonchev–Trinajstić information content (AvgIpc) is 2.73. The molecule has 2 N–H and O–H groups in total. The van der Waals surface area contributed by atoms with Gasteiger partial charge in [0.2, 0.25) is 17.8 Å². The van der Waals surface area contributed by atoms with E-state index in [9.17, 15) is 19.5 Å². The van der Waals surface area contributed by atoms with Crippen LogP contribution in [0.15, 0.2) is 0 Å². The van der Waals surface area contributed by atoms with Crippen LogP contribution in [0, 0.1) is 5.41 Å². The molecule has 2 saturated heterocycles. The summed E-state index contributed by atoms with van der Waals surface area (Å²) in [5.41, 5.74) is 0. The monoisotopic (exact) mass is 389 g/mol. The van der Waals surface area contributed by atoms with Gasteiger partial charge in [0.25, 0.3) is 5.79 Å². The molecule has 2 heterocycles. The van der Waals surface area contributed by atoms with Gasteiger partial charge in [0.15, 0.2) is 12.2 Å². The van der Waals surface area contributed by atoms with Crippen LogP contribution >= 0.6 is 0 Å². The van der Waals surface area contributed by atoms with Crippen LogP contribution in [0.5, 0.6) is 0 Å². The highest BCUT2D eigenvalue weighted by Gasteiger charge is 2.68. The second-order valence-electron chi connectivity index (χ2n) is 6.62. The maximum Gasteiger partial charge on any atom is 0.303 e. The molecule has 0 aromatic carbocycles. The van der Waals surface area contributed by atoms with Crippen LogP contribution < -0.4 is 0 Å². The molecule has 0 radical (unpaired) electrons. The van der Waals surface area contributed by atoms with Crippen LogP contribution in [-0.4, -0.2) is 71.5 Å². The highest BCUT2D eigenvalue weighted by molar-refractivity contribution is 5.84. The predicted octanol–water partition coefficient (Wildman–Crippen LogP) is -0.371. The minimum absolute atomic E-state index is 0.546. The van der Waals surface area contributed by atoms with E-state index in [0.717, 1.165) is 20.8 Å². The molecule has 0 saturated carbocycles. The normalized spacial score (nSPS) is 34.7. The fraction of sp³-hybridized carbons (Fsp3) is 0.750. The van der Waals surface area contributed by atoms with Gasteiger partial charge >= 0.3 is 17.9 Å². The van der Waals surface area contributed by atoms with Gasteiger partial charge in [-0.1, -0.05) is 0 Å². The fourth-order valence-electron chi connectivity index (χ4n) is 3.09. The van der Waals surface area contributed by atoms with E-state index in [1.807, 2.05) is 0 Å². The van der Waals surface area contributed by atoms with Gasteiger partial charge < -0.3 is 28.8 Å². The van der Waals surface area contributed by atoms with Crippen molar-refractivity contribution in [2.75, 3.05) is 6.61 Å². The van der Waals surface area contributed by atoms with Gasteiger partial charge in [0.1, 0.15) is 6.10 Å². The van der Waals surface area contributed by atoms with Crippen molar-refractivity contribution in [2.45, 2.75) is 70.6 Å². The van der Waals surface area contributed by atoms with E-state index in [0.29, 0.717) is 0 Å². The molecule has 152 valence electrons. The molecular formula is C16H23NO10. The number of ether oxygens (including phenoxy) is 6. The first-order valence-corrected chi connectivity index (χ1v) is 8.20. The lowest BCUT2D eigenvalue weighted by Crippen LogP contribution is -2.70. The molecule has 5 atom stereocenters. The number of rotatable bonds is 4. The van der Waals surface area contributed by atoms with Crippen molar-refractivity contribution in [3.63, 3.8) is 0 Å². The van der Waals surface area contributed by atoms with Gasteiger partial charge in [-0.25, -0.2) is 0 Å². The zero-order valence-electron chi connectivity index (χ0n) is 15.6. The summed E-state index contributed by atoms with van der Waals surface area (Å²) in [6.45, 7) is 5.65. The minimum atomic E-state index is -2.10. The molecule has 11 heteroatoms. The minimum Gasteiger partial charge on any atom is -0.456 e. The summed E-state index contributed by atoms with van der Waals surface area (Å²) in [6, 6.07) is 0. The average molecular weight is 389 g/mol. The van der Waals surface area contributed by atoms with E-state index in [1.54, 1.807) is 0 Å². The molecule has 0 amide bonds. The van der Waals surface area contributed by atoms with E-state index in [4.69, 9.17) is 33.8 Å². The van der Waals surface area contributed by atoms with Gasteiger partial charge in [-0.3, -0.25) is 24.5 Å². The van der Waals surface area contributed by atoms with Crippen molar-refractivity contribution in [2.24, 2.45) is 0 Å². The van der Waals surface area contributed by atoms with Gasteiger partial charge in [0.05, 0.1) is 6.61 Å². The Morgan fingerprint density at radius 3 is 1.96 bits per heavy atom. The van der Waals surface area contributed by atoms with E-state index in [-0.39, 0.29) is 0 Å². The summed E-state index contributed by atoms with van der Waals surface area (Å²) in [5.74, 6) is -6.27. The Bertz CT molecular complexity index is 647. The van der Waals surface area contributed by atoms with Crippen LogP contribution in [0.2, 0.25) is 0 Å². The molecule has 27 heavy (non-hydrogen) atoms. The van der Waals surface area contributed by atoms with Crippen LogP contribution in [0.1, 0.15) is 34.6 Å². The Balaban J connectivity index is 2.57. The zero-order chi connectivity index (χ0) is 20.6. The van der Waals surface area contributed by atoms with Crippen molar-refractivity contribution in [3.05, 3.63) is 0 Å². The smallest absolute Gasteiger partial charge is 0.303 e. The van der Waals surface area contributed by atoms with Crippen molar-refractivity contribution >= 4 is 23.8 Å². The number of hydrogen-bond acceptors (Lipinski definition) is 11. The molecule has 0 aromatic rings. The van der Waals surface area contributed by atoms with E-state index in [1.165, 1.54) is 13.8 Å². The summed E-state index contributed by atoms with van der Waals surface area (Å²) >= 11 is 0. The number of carbonyl (C=O) groups excluding carboxylic acids is 3. The number of aliphatic hydroxyl groups excluding tert-OH is 1. The van der Waals surface area contributed by atoms with Crippen molar-refractivity contribution in [1.29, 1.82) is 5.41 Å². The second kappa shape index (κ2) is 7.41. The van der Waals surface area contributed by atoms with E-state index < -0.39 is 66.4 Å². The number of carbonyl (C=O) groups is 3. The standard InChI is InChI=1S/C16H23NO10/c1-7(19)22-11-10(6-18)25-16(14(17)26-15(4,5)27-16)13(24-9(3)21)12(11)23-8(2)20/h10-13,17-18H,6H2,1-5H3/t10-,11-,12+,13-,16-/m1/s1. The molecule has 2 fully saturated rings. The maximum absolute atomic E-state index is 11.7. The third-order valence-corrected chi connectivity index (χ3v) is 3.83. The molecule has 11 nitrogen and oxygen atoms in total. The maximum atomic E-state index is 11.7. The first kappa shape index (κ1) is 21.1. The lowest BCUT2D eigenvalue weighted by molar-refractivity contribution is -0.352. The van der Waals surface area contributed by atoms with Crippen LogP contribution in [0.3, 0.4) is 0 Å². The molecule has 1 spiro atoms. The van der Waals surface area contributed by atoms with Crippen LogP contribution in [0.25, 0.3) is 0 Å². The van der Waals surface area contributed by atoms with Crippen LogP contribution in [-0.2, 0) is 42.8 Å². The highest BCUT2D eigenvalue weighted by atomic mass is 16.9. The topological polar surface area (TPSA) is 151 Å². The summed E-state index contributed by atoms with van der Waals surface area (Å²) < 4.78 is 32.4. The lowest BCUT2D eigenvalue weighted by Gasteiger charge is -2.47. The molecule has 0 aliphatic carbocycles. The van der Waals surface area contributed by atoms with E-state index in [2.05, 4.69) is 0 Å². The van der Waals surface area contributed by atoms with Crippen molar-refractivity contribution < 1.29 is 47.9 Å². The van der Waals surface area contributed by atoms with Crippen molar-refractivity contribution in [3.8, 4) is 0 Å². The molecule has 2 aliphatic rings. The summed E-state index contributed by atoms with van der Waals surface area (Å²) in [5, 5.41) is 17.9. The fourth-order valence-corrected chi connectivity index (χ4v) is 3.09. The Kier molecular flexibility index (Phi) is 5.78. The number of hydrogen-bond donors (Lipinski definition) is 2. The Labute approximate surface area is 155 Å². The van der Waals surface area contributed by atoms with Gasteiger partial charge in [-0.15, -0.1) is 0 Å². The van der Waals surface area contributed by atoms with Crippen molar-refractivity contribution in [1.82, 2.24) is 0 Å². The summed E-state index contributed by atoms with van der Waals surface area (Å²) in [7, 11) is 0. The summed E-state index contributed by atoms with van der Waals surface area (Å²) in [6.07, 6.45) is -5.51. The van der Waals surface area contributed by atoms with E-state index >= 15 is 0 Å². The van der Waals surface area contributed by atoms with Gasteiger partial charge in [-0.05, 0) is 0 Å². The molecule has 0 bridgehead atoms. The number of nitrogens with one attached hydrogen (secondary N) is 1. The Hall–Kier alpha value is -2.24. The number of esters is 3.